The predicted molar refractivity (Wildman–Crippen MR) is 64.8 cm³/mol. The zero-order valence-electron chi connectivity index (χ0n) is 10.3. The topological polar surface area (TPSA) is 82.5 Å². The van der Waals surface area contributed by atoms with Gasteiger partial charge in [-0.25, -0.2) is 4.98 Å². The van der Waals surface area contributed by atoms with Gasteiger partial charge in [0.05, 0.1) is 12.6 Å². The van der Waals surface area contributed by atoms with E-state index < -0.39 is 12.1 Å². The number of rotatable bonds is 2. The minimum Gasteiger partial charge on any atom is -0.389 e. The molecule has 1 aromatic heterocycles. The normalized spacial score (nSPS) is 21.7. The molecular weight excluding hydrogens is 234 g/mol. The lowest BCUT2D eigenvalue weighted by atomic mass is 10.1. The highest BCUT2D eigenvalue weighted by Crippen LogP contribution is 2.25. The van der Waals surface area contributed by atoms with Crippen molar-refractivity contribution in [1.82, 2.24) is 10.3 Å². The van der Waals surface area contributed by atoms with E-state index in [2.05, 4.69) is 10.3 Å². The van der Waals surface area contributed by atoms with Gasteiger partial charge in [0.25, 0.3) is 0 Å². The number of pyridine rings is 1. The molecule has 0 bridgehead atoms. The highest BCUT2D eigenvalue weighted by atomic mass is 16.3. The molecule has 2 atom stereocenters. The van der Waals surface area contributed by atoms with E-state index in [9.17, 15) is 14.7 Å². The second-order valence-electron chi connectivity index (χ2n) is 4.31. The number of imide groups is 1. The Balaban J connectivity index is 2.41. The van der Waals surface area contributed by atoms with Crippen molar-refractivity contribution in [1.29, 1.82) is 0 Å². The van der Waals surface area contributed by atoms with Crippen molar-refractivity contribution in [3.63, 3.8) is 0 Å². The van der Waals surface area contributed by atoms with Crippen LogP contribution in [0.3, 0.4) is 0 Å². The predicted octanol–water partition coefficient (Wildman–Crippen LogP) is -0.0138. The number of amides is 2. The first kappa shape index (κ1) is 12.5. The molecule has 1 aromatic rings. The smallest absolute Gasteiger partial charge is 0.249 e. The van der Waals surface area contributed by atoms with E-state index in [4.69, 9.17) is 0 Å². The highest BCUT2D eigenvalue weighted by Gasteiger charge is 2.32. The van der Waals surface area contributed by atoms with Crippen LogP contribution in [0.15, 0.2) is 18.3 Å². The summed E-state index contributed by atoms with van der Waals surface area (Å²) in [7, 11) is 0. The molecule has 0 saturated carbocycles. The summed E-state index contributed by atoms with van der Waals surface area (Å²) < 4.78 is 0. The van der Waals surface area contributed by atoms with Crippen LogP contribution in [0.4, 0.5) is 5.82 Å². The molecule has 0 aliphatic carbocycles. The monoisotopic (exact) mass is 249 g/mol. The van der Waals surface area contributed by atoms with Gasteiger partial charge < -0.3 is 10.0 Å². The Morgan fingerprint density at radius 1 is 1.56 bits per heavy atom. The quantitative estimate of drug-likeness (QED) is 0.720. The summed E-state index contributed by atoms with van der Waals surface area (Å²) in [6.45, 7) is 3.38. The van der Waals surface area contributed by atoms with E-state index in [-0.39, 0.29) is 18.4 Å². The van der Waals surface area contributed by atoms with Crippen LogP contribution in [0.1, 0.15) is 25.5 Å². The number of aromatic nitrogens is 1. The number of carbonyl (C=O) groups excluding carboxylic acids is 2. The average Bonchev–Trinajstić information content (AvgIpc) is 2.33. The van der Waals surface area contributed by atoms with Crippen LogP contribution >= 0.6 is 0 Å². The molecule has 2 N–H and O–H groups in total. The Labute approximate surface area is 105 Å². The lowest BCUT2D eigenvalue weighted by Gasteiger charge is -2.34. The van der Waals surface area contributed by atoms with Gasteiger partial charge in [-0.1, -0.05) is 6.07 Å². The van der Waals surface area contributed by atoms with Gasteiger partial charge in [-0.2, -0.15) is 0 Å². The van der Waals surface area contributed by atoms with Gasteiger partial charge >= 0.3 is 0 Å². The summed E-state index contributed by atoms with van der Waals surface area (Å²) in [5, 5.41) is 12.0. The van der Waals surface area contributed by atoms with Crippen molar-refractivity contribution in [3.8, 4) is 0 Å². The number of aliphatic hydroxyl groups is 1. The molecule has 2 rings (SSSR count). The molecule has 2 heterocycles. The molecule has 1 unspecified atom stereocenters. The maximum Gasteiger partial charge on any atom is 0.249 e. The van der Waals surface area contributed by atoms with Crippen molar-refractivity contribution in [2.24, 2.45) is 0 Å². The zero-order valence-corrected chi connectivity index (χ0v) is 10.3. The number of nitrogens with zero attached hydrogens (tertiary/aromatic N) is 2. The number of hydrogen-bond donors (Lipinski definition) is 2. The van der Waals surface area contributed by atoms with E-state index in [1.54, 1.807) is 37.1 Å². The fourth-order valence-electron chi connectivity index (χ4n) is 1.95. The summed E-state index contributed by atoms with van der Waals surface area (Å²) >= 11 is 0. The van der Waals surface area contributed by atoms with Gasteiger partial charge in [-0.3, -0.25) is 14.9 Å². The van der Waals surface area contributed by atoms with E-state index >= 15 is 0 Å². The summed E-state index contributed by atoms with van der Waals surface area (Å²) in [4.78, 5) is 28.8. The minimum atomic E-state index is -0.707. The van der Waals surface area contributed by atoms with Crippen LogP contribution in [0.5, 0.6) is 0 Å². The molecule has 1 aliphatic heterocycles. The van der Waals surface area contributed by atoms with Gasteiger partial charge in [0.1, 0.15) is 11.9 Å². The van der Waals surface area contributed by atoms with E-state index in [1.807, 2.05) is 0 Å². The van der Waals surface area contributed by atoms with Crippen LogP contribution < -0.4 is 10.2 Å². The second kappa shape index (κ2) is 4.73. The number of anilines is 1. The molecule has 0 radical (unpaired) electrons. The average molecular weight is 249 g/mol. The molecule has 1 aliphatic rings. The van der Waals surface area contributed by atoms with Crippen molar-refractivity contribution >= 4 is 17.6 Å². The molecule has 0 aromatic carbocycles. The van der Waals surface area contributed by atoms with Crippen molar-refractivity contribution in [3.05, 3.63) is 23.9 Å². The molecular formula is C12H15N3O3. The summed E-state index contributed by atoms with van der Waals surface area (Å²) in [5.74, 6) is -0.239. The highest BCUT2D eigenvalue weighted by molar-refractivity contribution is 6.04. The molecule has 96 valence electrons. The first-order valence-corrected chi connectivity index (χ1v) is 5.74. The van der Waals surface area contributed by atoms with Crippen LogP contribution in [-0.2, 0) is 9.59 Å². The van der Waals surface area contributed by atoms with Crippen LogP contribution in [0.25, 0.3) is 0 Å². The van der Waals surface area contributed by atoms with Crippen LogP contribution in [0, 0.1) is 0 Å². The van der Waals surface area contributed by atoms with Crippen LogP contribution in [0.2, 0.25) is 0 Å². The molecule has 1 fully saturated rings. The van der Waals surface area contributed by atoms with E-state index in [0.717, 1.165) is 0 Å². The fourth-order valence-corrected chi connectivity index (χ4v) is 1.95. The fraction of sp³-hybridized carbons (Fsp3) is 0.417. The maximum atomic E-state index is 11.6. The minimum absolute atomic E-state index is 0.0592. The third-order valence-corrected chi connectivity index (χ3v) is 2.96. The number of hydrogen-bond acceptors (Lipinski definition) is 5. The summed E-state index contributed by atoms with van der Waals surface area (Å²) in [5.41, 5.74) is 0.604. The maximum absolute atomic E-state index is 11.6. The van der Waals surface area contributed by atoms with Gasteiger partial charge in [0.2, 0.25) is 11.8 Å². The van der Waals surface area contributed by atoms with Crippen molar-refractivity contribution in [2.75, 3.05) is 11.4 Å². The largest absolute Gasteiger partial charge is 0.389 e. The second-order valence-corrected chi connectivity index (χ2v) is 4.31. The lowest BCUT2D eigenvalue weighted by molar-refractivity contribution is -0.132. The third-order valence-electron chi connectivity index (χ3n) is 2.96. The van der Waals surface area contributed by atoms with Gasteiger partial charge in [-0.05, 0) is 19.9 Å². The first-order chi connectivity index (χ1) is 8.50. The Kier molecular flexibility index (Phi) is 3.29. The zero-order chi connectivity index (χ0) is 13.3. The SMILES string of the molecule is CC1C(=O)NC(=O)CN1c1ncccc1[C@H](C)O. The Morgan fingerprint density at radius 2 is 2.28 bits per heavy atom. The lowest BCUT2D eigenvalue weighted by Crippen LogP contribution is -2.57. The Hall–Kier alpha value is -1.95. The van der Waals surface area contributed by atoms with Gasteiger partial charge in [-0.15, -0.1) is 0 Å². The first-order valence-electron chi connectivity index (χ1n) is 5.74. The molecule has 2 amide bonds. The number of nitrogens with one attached hydrogen (secondary N) is 1. The molecule has 18 heavy (non-hydrogen) atoms. The van der Waals surface area contributed by atoms with E-state index in [1.165, 1.54) is 0 Å². The van der Waals surface area contributed by atoms with Gasteiger partial charge in [0, 0.05) is 11.8 Å². The van der Waals surface area contributed by atoms with Crippen LogP contribution in [-0.4, -0.2) is 34.5 Å². The molecule has 0 spiro atoms. The van der Waals surface area contributed by atoms with Crippen molar-refractivity contribution < 1.29 is 14.7 Å². The van der Waals surface area contributed by atoms with Gasteiger partial charge in [0.15, 0.2) is 0 Å². The summed E-state index contributed by atoms with van der Waals surface area (Å²) in [6, 6.07) is 2.95. The van der Waals surface area contributed by atoms with E-state index in [0.29, 0.717) is 11.4 Å². The number of aliphatic hydroxyl groups excluding tert-OH is 1. The standard InChI is InChI=1S/C12H15N3O3/c1-7-12(18)14-10(17)6-15(7)11-9(8(2)16)4-3-5-13-11/h3-5,7-8,16H,6H2,1-2H3,(H,14,17,18)/t7?,8-/m0/s1. The molecule has 1 saturated heterocycles. The Morgan fingerprint density at radius 3 is 2.94 bits per heavy atom. The van der Waals surface area contributed by atoms with Crippen molar-refractivity contribution in [2.45, 2.75) is 26.0 Å². The number of carbonyl (C=O) groups is 2. The molecule has 6 heteroatoms. The third kappa shape index (κ3) is 2.19. The Bertz CT molecular complexity index is 487. The number of piperazine rings is 1. The molecule has 6 nitrogen and oxygen atoms in total. The summed E-state index contributed by atoms with van der Waals surface area (Å²) in [6.07, 6.45) is 0.867.